The van der Waals surface area contributed by atoms with Crippen LogP contribution in [0.3, 0.4) is 0 Å². The molecule has 4 rings (SSSR count). The highest BCUT2D eigenvalue weighted by molar-refractivity contribution is 7.18. The number of aromatic nitrogens is 2. The molecule has 138 valence electrons. The molecule has 0 saturated carbocycles. The molecule has 3 aromatic rings. The SMILES string of the molecule is CCc1cc2c(N3CCN(Cc4ccccc4)CC3)nc(C)nc2s1.[Cl-]. The summed E-state index contributed by atoms with van der Waals surface area (Å²) < 4.78 is 0. The number of nitrogens with zero attached hydrogens (tertiary/aromatic N) is 4. The van der Waals surface area contributed by atoms with Crippen molar-refractivity contribution in [2.75, 3.05) is 31.1 Å². The molecule has 0 spiro atoms. The van der Waals surface area contributed by atoms with Crippen LogP contribution in [0, 0.1) is 6.92 Å². The molecular weight excluding hydrogens is 364 g/mol. The van der Waals surface area contributed by atoms with Gasteiger partial charge < -0.3 is 17.3 Å². The summed E-state index contributed by atoms with van der Waals surface area (Å²) in [5.41, 5.74) is 1.39. The van der Waals surface area contributed by atoms with Gasteiger partial charge in [-0.2, -0.15) is 0 Å². The minimum absolute atomic E-state index is 0. The smallest absolute Gasteiger partial charge is 0.141 e. The second-order valence-corrected chi connectivity index (χ2v) is 7.74. The lowest BCUT2D eigenvalue weighted by Gasteiger charge is -2.35. The standard InChI is InChI=1S/C20H24N4S.ClH/c1-3-17-13-18-19(21-15(2)22-20(18)25-17)24-11-9-23(10-12-24)14-16-7-5-4-6-8-16;/h4-8,13H,3,9-12,14H2,1-2H3;1H/p-1. The van der Waals surface area contributed by atoms with Gasteiger partial charge in [0.1, 0.15) is 16.5 Å². The maximum atomic E-state index is 4.78. The minimum Gasteiger partial charge on any atom is -1.00 e. The van der Waals surface area contributed by atoms with Crippen molar-refractivity contribution in [2.45, 2.75) is 26.8 Å². The molecule has 1 aromatic carbocycles. The normalized spacial score (nSPS) is 15.2. The molecule has 0 atom stereocenters. The lowest BCUT2D eigenvalue weighted by atomic mass is 10.2. The summed E-state index contributed by atoms with van der Waals surface area (Å²) in [7, 11) is 0. The lowest BCUT2D eigenvalue weighted by Crippen LogP contribution is -3.00. The van der Waals surface area contributed by atoms with Gasteiger partial charge in [-0.15, -0.1) is 11.3 Å². The first-order valence-corrected chi connectivity index (χ1v) is 9.83. The Morgan fingerprint density at radius 2 is 1.77 bits per heavy atom. The van der Waals surface area contributed by atoms with E-state index < -0.39 is 0 Å². The van der Waals surface area contributed by atoms with Crippen LogP contribution in [0.2, 0.25) is 0 Å². The van der Waals surface area contributed by atoms with Crippen molar-refractivity contribution in [1.29, 1.82) is 0 Å². The second kappa shape index (κ2) is 8.33. The molecule has 6 heteroatoms. The van der Waals surface area contributed by atoms with E-state index in [0.29, 0.717) is 0 Å². The van der Waals surface area contributed by atoms with E-state index in [2.05, 4.69) is 58.1 Å². The van der Waals surface area contributed by atoms with Crippen molar-refractivity contribution < 1.29 is 12.4 Å². The fourth-order valence-corrected chi connectivity index (χ4v) is 4.44. The van der Waals surface area contributed by atoms with Gasteiger partial charge >= 0.3 is 0 Å². The van der Waals surface area contributed by atoms with Gasteiger partial charge in [-0.3, -0.25) is 4.90 Å². The van der Waals surface area contributed by atoms with Crippen LogP contribution in [0.15, 0.2) is 36.4 Å². The molecule has 0 aliphatic carbocycles. The second-order valence-electron chi connectivity index (χ2n) is 6.63. The number of thiophene rings is 1. The number of hydrogen-bond acceptors (Lipinski definition) is 5. The third-order valence-electron chi connectivity index (χ3n) is 4.80. The Labute approximate surface area is 165 Å². The van der Waals surface area contributed by atoms with Crippen molar-refractivity contribution in [3.05, 3.63) is 52.7 Å². The van der Waals surface area contributed by atoms with Gasteiger partial charge in [0.2, 0.25) is 0 Å². The number of halogens is 1. The maximum Gasteiger partial charge on any atom is 0.141 e. The van der Waals surface area contributed by atoms with Crippen molar-refractivity contribution >= 4 is 27.4 Å². The molecule has 3 heterocycles. The van der Waals surface area contributed by atoms with E-state index in [1.54, 1.807) is 11.3 Å². The van der Waals surface area contributed by atoms with Crippen LogP contribution in [-0.2, 0) is 13.0 Å². The highest BCUT2D eigenvalue weighted by atomic mass is 35.5. The summed E-state index contributed by atoms with van der Waals surface area (Å²) in [4.78, 5) is 16.9. The zero-order valence-corrected chi connectivity index (χ0v) is 16.9. The molecule has 1 aliphatic rings. The first kappa shape index (κ1) is 19.1. The lowest BCUT2D eigenvalue weighted by molar-refractivity contribution is -0.00000524. The summed E-state index contributed by atoms with van der Waals surface area (Å²) in [6.45, 7) is 9.43. The monoisotopic (exact) mass is 387 g/mol. The van der Waals surface area contributed by atoms with Crippen molar-refractivity contribution in [3.8, 4) is 0 Å². The number of aryl methyl sites for hydroxylation is 2. The highest BCUT2D eigenvalue weighted by Crippen LogP contribution is 2.31. The Kier molecular flexibility index (Phi) is 6.12. The minimum atomic E-state index is 0. The molecule has 1 saturated heterocycles. The number of piperazine rings is 1. The van der Waals surface area contributed by atoms with Crippen LogP contribution in [0.5, 0.6) is 0 Å². The van der Waals surface area contributed by atoms with Crippen LogP contribution in [0.1, 0.15) is 23.2 Å². The Bertz CT molecular complexity index is 857. The molecule has 0 unspecified atom stereocenters. The molecule has 1 fully saturated rings. The summed E-state index contributed by atoms with van der Waals surface area (Å²) >= 11 is 1.80. The Hall–Kier alpha value is -1.69. The Balaban J connectivity index is 0.00000196. The number of hydrogen-bond donors (Lipinski definition) is 0. The van der Waals surface area contributed by atoms with E-state index >= 15 is 0 Å². The summed E-state index contributed by atoms with van der Waals surface area (Å²) in [6, 6.07) is 13.0. The average Bonchev–Trinajstić information content (AvgIpc) is 3.05. The number of fused-ring (bicyclic) bond motifs is 1. The fourth-order valence-electron chi connectivity index (χ4n) is 3.43. The van der Waals surface area contributed by atoms with Gasteiger partial charge in [-0.25, -0.2) is 9.97 Å². The average molecular weight is 388 g/mol. The van der Waals surface area contributed by atoms with Crippen molar-refractivity contribution in [2.24, 2.45) is 0 Å². The molecule has 0 radical (unpaired) electrons. The van der Waals surface area contributed by atoms with E-state index in [4.69, 9.17) is 4.98 Å². The summed E-state index contributed by atoms with van der Waals surface area (Å²) in [5.74, 6) is 2.00. The van der Waals surface area contributed by atoms with Gasteiger partial charge in [-0.1, -0.05) is 37.3 Å². The molecule has 0 amide bonds. The summed E-state index contributed by atoms with van der Waals surface area (Å²) in [6.07, 6.45) is 1.06. The fraction of sp³-hybridized carbons (Fsp3) is 0.400. The topological polar surface area (TPSA) is 32.3 Å². The van der Waals surface area contributed by atoms with E-state index in [-0.39, 0.29) is 12.4 Å². The maximum absolute atomic E-state index is 4.78. The van der Waals surface area contributed by atoms with Gasteiger partial charge in [-0.05, 0) is 25.0 Å². The summed E-state index contributed by atoms with van der Waals surface area (Å²) in [5, 5.41) is 1.23. The van der Waals surface area contributed by atoms with Gasteiger partial charge in [0, 0.05) is 37.6 Å². The number of benzene rings is 1. The number of rotatable bonds is 4. The molecule has 4 nitrogen and oxygen atoms in total. The first-order chi connectivity index (χ1) is 12.2. The highest BCUT2D eigenvalue weighted by Gasteiger charge is 2.21. The predicted molar refractivity (Wildman–Crippen MR) is 105 cm³/mol. The Morgan fingerprint density at radius 1 is 1.04 bits per heavy atom. The third kappa shape index (κ3) is 4.00. The van der Waals surface area contributed by atoms with E-state index in [0.717, 1.165) is 55.6 Å². The van der Waals surface area contributed by atoms with Gasteiger partial charge in [0.05, 0.1) is 5.39 Å². The largest absolute Gasteiger partial charge is 1.00 e. The van der Waals surface area contributed by atoms with Crippen molar-refractivity contribution in [1.82, 2.24) is 14.9 Å². The molecule has 0 N–H and O–H groups in total. The van der Waals surface area contributed by atoms with E-state index in [1.807, 2.05) is 6.92 Å². The Morgan fingerprint density at radius 3 is 2.46 bits per heavy atom. The van der Waals surface area contributed by atoms with Gasteiger partial charge in [0.25, 0.3) is 0 Å². The zero-order valence-electron chi connectivity index (χ0n) is 15.3. The molecule has 1 aliphatic heterocycles. The van der Waals surface area contributed by atoms with E-state index in [1.165, 1.54) is 15.8 Å². The molecular formula is C20H24ClN4S-. The van der Waals surface area contributed by atoms with Crippen LogP contribution in [-0.4, -0.2) is 41.0 Å². The quantitative estimate of drug-likeness (QED) is 0.665. The van der Waals surface area contributed by atoms with Crippen LogP contribution >= 0.6 is 11.3 Å². The van der Waals surface area contributed by atoms with Crippen molar-refractivity contribution in [3.63, 3.8) is 0 Å². The molecule has 0 bridgehead atoms. The van der Waals surface area contributed by atoms with Crippen LogP contribution < -0.4 is 17.3 Å². The molecule has 26 heavy (non-hydrogen) atoms. The van der Waals surface area contributed by atoms with Crippen LogP contribution in [0.25, 0.3) is 10.2 Å². The first-order valence-electron chi connectivity index (χ1n) is 9.01. The van der Waals surface area contributed by atoms with E-state index in [9.17, 15) is 0 Å². The van der Waals surface area contributed by atoms with Crippen LogP contribution in [0.4, 0.5) is 5.82 Å². The molecule has 2 aromatic heterocycles. The van der Waals surface area contributed by atoms with Gasteiger partial charge in [0.15, 0.2) is 0 Å². The zero-order chi connectivity index (χ0) is 17.2. The number of anilines is 1. The third-order valence-corrected chi connectivity index (χ3v) is 5.98. The predicted octanol–water partition coefficient (Wildman–Crippen LogP) is 0.888.